The molecule has 348 valence electrons. The molecule has 60 heavy (non-hydrogen) atoms. The molecule has 0 aliphatic carbocycles. The predicted molar refractivity (Wildman–Crippen MR) is 256 cm³/mol. The highest BCUT2D eigenvalue weighted by Gasteiger charge is 2.19. The first-order valence-corrected chi connectivity index (χ1v) is 25.6. The van der Waals surface area contributed by atoms with Crippen LogP contribution in [0.1, 0.15) is 258 Å². The van der Waals surface area contributed by atoms with E-state index in [0.717, 1.165) is 96.3 Å². The van der Waals surface area contributed by atoms with Crippen LogP contribution in [0.4, 0.5) is 0 Å². The Balaban J connectivity index is 4.37. The summed E-state index contributed by atoms with van der Waals surface area (Å²) in [5.41, 5.74) is 0. The van der Waals surface area contributed by atoms with Gasteiger partial charge in [-0.05, 0) is 83.5 Å². The Kier molecular flexibility index (Phi) is 46.9. The van der Waals surface area contributed by atoms with Crippen molar-refractivity contribution in [2.24, 2.45) is 0 Å². The number of allylic oxidation sites excluding steroid dienone is 8. The van der Waals surface area contributed by atoms with Crippen molar-refractivity contribution in [2.75, 3.05) is 13.2 Å². The molecule has 0 spiro atoms. The van der Waals surface area contributed by atoms with Crippen molar-refractivity contribution in [2.45, 2.75) is 264 Å². The summed E-state index contributed by atoms with van der Waals surface area (Å²) in [4.78, 5) is 37.9. The molecule has 0 fully saturated rings. The molecular formula is C54H96O6. The second-order valence-corrected chi connectivity index (χ2v) is 17.1. The van der Waals surface area contributed by atoms with E-state index in [1.165, 1.54) is 122 Å². The molecule has 1 atom stereocenters. The third-order valence-electron chi connectivity index (χ3n) is 11.1. The van der Waals surface area contributed by atoms with Gasteiger partial charge in [0, 0.05) is 19.3 Å². The van der Waals surface area contributed by atoms with Crippen molar-refractivity contribution in [3.05, 3.63) is 48.6 Å². The topological polar surface area (TPSA) is 78.9 Å². The largest absolute Gasteiger partial charge is 0.462 e. The van der Waals surface area contributed by atoms with Crippen LogP contribution in [-0.2, 0) is 28.6 Å². The van der Waals surface area contributed by atoms with Crippen LogP contribution in [0.2, 0.25) is 0 Å². The van der Waals surface area contributed by atoms with E-state index in [0.29, 0.717) is 19.3 Å². The fraction of sp³-hybridized carbons (Fsp3) is 0.796. The first-order valence-electron chi connectivity index (χ1n) is 25.6. The van der Waals surface area contributed by atoms with E-state index >= 15 is 0 Å². The Morgan fingerprint density at radius 1 is 0.333 bits per heavy atom. The quantitative estimate of drug-likeness (QED) is 0.0263. The summed E-state index contributed by atoms with van der Waals surface area (Å²) < 4.78 is 16.8. The summed E-state index contributed by atoms with van der Waals surface area (Å²) in [5.74, 6) is -0.897. The van der Waals surface area contributed by atoms with Crippen molar-refractivity contribution in [3.63, 3.8) is 0 Å². The van der Waals surface area contributed by atoms with Crippen molar-refractivity contribution in [1.82, 2.24) is 0 Å². The normalized spacial score (nSPS) is 12.4. The van der Waals surface area contributed by atoms with E-state index in [9.17, 15) is 14.4 Å². The Morgan fingerprint density at radius 3 is 0.950 bits per heavy atom. The van der Waals surface area contributed by atoms with E-state index in [4.69, 9.17) is 14.2 Å². The molecule has 0 rings (SSSR count). The molecule has 0 amide bonds. The van der Waals surface area contributed by atoms with Crippen molar-refractivity contribution < 1.29 is 28.6 Å². The monoisotopic (exact) mass is 841 g/mol. The third kappa shape index (κ3) is 46.4. The average Bonchev–Trinajstić information content (AvgIpc) is 3.24. The van der Waals surface area contributed by atoms with Gasteiger partial charge in [0.1, 0.15) is 13.2 Å². The first kappa shape index (κ1) is 57.4. The van der Waals surface area contributed by atoms with Crippen molar-refractivity contribution >= 4 is 17.9 Å². The summed E-state index contributed by atoms with van der Waals surface area (Å²) in [7, 11) is 0. The van der Waals surface area contributed by atoms with Gasteiger partial charge < -0.3 is 14.2 Å². The van der Waals surface area contributed by atoms with Crippen LogP contribution in [0, 0.1) is 0 Å². The predicted octanol–water partition coefficient (Wildman–Crippen LogP) is 16.7. The number of unbranched alkanes of at least 4 members (excludes halogenated alkanes) is 27. The summed E-state index contributed by atoms with van der Waals surface area (Å²) in [6.07, 6.45) is 58.0. The standard InChI is InChI=1S/C54H96O6/c1-4-7-10-13-16-19-22-24-26-27-29-30-32-35-38-41-44-47-53(56)59-50-51(49-58-52(55)46-43-40-37-34-21-18-15-12-9-6-3)60-54(57)48-45-42-39-36-33-31-28-25-23-20-17-14-11-8-5-2/h16-17,19-20,24-26,28,51H,4-15,18,21-23,27,29-50H2,1-3H3/b19-16-,20-17-,26-24-,28-25-/t51-/m1/s1. The SMILES string of the molecule is CCCCC/C=C\C/C=C\CCCCCCCCCC(=O)OC[C@@H](COC(=O)CCCCCCCCCCCC)OC(=O)CCCCCCC/C=C\C/C=C\CCCCC. The number of carbonyl (C=O) groups excluding carboxylic acids is 3. The van der Waals surface area contributed by atoms with Crippen molar-refractivity contribution in [1.29, 1.82) is 0 Å². The lowest BCUT2D eigenvalue weighted by atomic mass is 10.1. The molecular weight excluding hydrogens is 745 g/mol. The molecule has 0 aliphatic rings. The van der Waals surface area contributed by atoms with Gasteiger partial charge in [-0.2, -0.15) is 0 Å². The third-order valence-corrected chi connectivity index (χ3v) is 11.1. The second kappa shape index (κ2) is 49.0. The van der Waals surface area contributed by atoms with Gasteiger partial charge >= 0.3 is 17.9 Å². The highest BCUT2D eigenvalue weighted by Crippen LogP contribution is 2.14. The van der Waals surface area contributed by atoms with Gasteiger partial charge in [-0.1, -0.05) is 204 Å². The minimum atomic E-state index is -0.780. The molecule has 0 radical (unpaired) electrons. The van der Waals surface area contributed by atoms with Crippen LogP contribution in [0.5, 0.6) is 0 Å². The molecule has 6 heteroatoms. The molecule has 0 N–H and O–H groups in total. The molecule has 0 aromatic carbocycles. The van der Waals surface area contributed by atoms with Gasteiger partial charge in [0.25, 0.3) is 0 Å². The van der Waals surface area contributed by atoms with Crippen molar-refractivity contribution in [3.8, 4) is 0 Å². The summed E-state index contributed by atoms with van der Waals surface area (Å²) in [6, 6.07) is 0. The van der Waals surface area contributed by atoms with Gasteiger partial charge in [0.05, 0.1) is 0 Å². The number of rotatable bonds is 46. The summed E-state index contributed by atoms with van der Waals surface area (Å²) >= 11 is 0. The minimum absolute atomic E-state index is 0.0796. The van der Waals surface area contributed by atoms with Gasteiger partial charge in [-0.15, -0.1) is 0 Å². The van der Waals surface area contributed by atoms with E-state index in [2.05, 4.69) is 69.4 Å². The lowest BCUT2D eigenvalue weighted by Gasteiger charge is -2.18. The molecule has 0 aliphatic heterocycles. The fourth-order valence-electron chi connectivity index (χ4n) is 7.15. The number of hydrogen-bond acceptors (Lipinski definition) is 6. The molecule has 6 nitrogen and oxygen atoms in total. The highest BCUT2D eigenvalue weighted by molar-refractivity contribution is 5.71. The number of hydrogen-bond donors (Lipinski definition) is 0. The van der Waals surface area contributed by atoms with Crippen LogP contribution < -0.4 is 0 Å². The fourth-order valence-corrected chi connectivity index (χ4v) is 7.15. The number of esters is 3. The maximum absolute atomic E-state index is 12.8. The Labute approximate surface area is 371 Å². The highest BCUT2D eigenvalue weighted by atomic mass is 16.6. The lowest BCUT2D eigenvalue weighted by Crippen LogP contribution is -2.30. The molecule has 0 saturated carbocycles. The molecule has 0 saturated heterocycles. The smallest absolute Gasteiger partial charge is 0.306 e. The van der Waals surface area contributed by atoms with E-state index in [1.807, 2.05) is 0 Å². The lowest BCUT2D eigenvalue weighted by molar-refractivity contribution is -0.167. The molecule has 0 heterocycles. The minimum Gasteiger partial charge on any atom is -0.462 e. The number of ether oxygens (including phenoxy) is 3. The molecule has 0 aromatic rings. The summed E-state index contributed by atoms with van der Waals surface area (Å²) in [5, 5.41) is 0. The van der Waals surface area contributed by atoms with Crippen LogP contribution in [0.3, 0.4) is 0 Å². The Bertz CT molecular complexity index is 1060. The van der Waals surface area contributed by atoms with Gasteiger partial charge in [-0.25, -0.2) is 0 Å². The van der Waals surface area contributed by atoms with Gasteiger partial charge in [-0.3, -0.25) is 14.4 Å². The zero-order valence-corrected chi connectivity index (χ0v) is 39.7. The van der Waals surface area contributed by atoms with Gasteiger partial charge in [0.2, 0.25) is 0 Å². The molecule has 0 unspecified atom stereocenters. The number of carbonyl (C=O) groups is 3. The molecule has 0 aromatic heterocycles. The average molecular weight is 841 g/mol. The van der Waals surface area contributed by atoms with E-state index < -0.39 is 6.10 Å². The zero-order valence-electron chi connectivity index (χ0n) is 39.7. The Morgan fingerprint density at radius 2 is 0.600 bits per heavy atom. The van der Waals surface area contributed by atoms with E-state index in [-0.39, 0.29) is 31.1 Å². The zero-order chi connectivity index (χ0) is 43.7. The van der Waals surface area contributed by atoms with E-state index in [1.54, 1.807) is 0 Å². The molecule has 0 bridgehead atoms. The maximum Gasteiger partial charge on any atom is 0.306 e. The summed E-state index contributed by atoms with van der Waals surface area (Å²) in [6.45, 7) is 6.56. The van der Waals surface area contributed by atoms with Crippen LogP contribution in [-0.4, -0.2) is 37.2 Å². The maximum atomic E-state index is 12.8. The van der Waals surface area contributed by atoms with Crippen LogP contribution in [0.25, 0.3) is 0 Å². The van der Waals surface area contributed by atoms with Crippen LogP contribution in [0.15, 0.2) is 48.6 Å². The van der Waals surface area contributed by atoms with Gasteiger partial charge in [0.15, 0.2) is 6.10 Å². The second-order valence-electron chi connectivity index (χ2n) is 17.1. The Hall–Kier alpha value is -2.63. The van der Waals surface area contributed by atoms with Crippen LogP contribution >= 0.6 is 0 Å². The first-order chi connectivity index (χ1) is 29.5.